The SMILES string of the molecule is CNC(Cc1ncc(C)c(OC)c1C)C1(C)CCCCO1. The van der Waals surface area contributed by atoms with Gasteiger partial charge in [0.1, 0.15) is 5.75 Å². The van der Waals surface area contributed by atoms with Crippen molar-refractivity contribution in [3.63, 3.8) is 0 Å². The maximum atomic E-state index is 6.09. The molecule has 4 nitrogen and oxygen atoms in total. The molecule has 0 aromatic carbocycles. The molecular weight excluding hydrogens is 264 g/mol. The normalized spacial score (nSPS) is 23.9. The Labute approximate surface area is 128 Å². The lowest BCUT2D eigenvalue weighted by Crippen LogP contribution is -2.52. The molecule has 1 aromatic heterocycles. The smallest absolute Gasteiger partial charge is 0.128 e. The molecule has 0 saturated carbocycles. The first-order valence-corrected chi connectivity index (χ1v) is 7.82. The summed E-state index contributed by atoms with van der Waals surface area (Å²) in [5.41, 5.74) is 3.20. The largest absolute Gasteiger partial charge is 0.496 e. The van der Waals surface area contributed by atoms with Gasteiger partial charge in [0.25, 0.3) is 0 Å². The van der Waals surface area contributed by atoms with Crippen LogP contribution in [0.25, 0.3) is 0 Å². The summed E-state index contributed by atoms with van der Waals surface area (Å²) >= 11 is 0. The van der Waals surface area contributed by atoms with Gasteiger partial charge in [-0.15, -0.1) is 0 Å². The summed E-state index contributed by atoms with van der Waals surface area (Å²) in [6.45, 7) is 7.20. The molecule has 0 spiro atoms. The number of hydrogen-bond acceptors (Lipinski definition) is 4. The van der Waals surface area contributed by atoms with Crippen LogP contribution in [0.3, 0.4) is 0 Å². The van der Waals surface area contributed by atoms with Crippen LogP contribution in [0.15, 0.2) is 6.20 Å². The first-order chi connectivity index (χ1) is 10.0. The van der Waals surface area contributed by atoms with Gasteiger partial charge in [0, 0.05) is 42.1 Å². The van der Waals surface area contributed by atoms with Crippen LogP contribution in [0.4, 0.5) is 0 Å². The monoisotopic (exact) mass is 292 g/mol. The third kappa shape index (κ3) is 3.38. The van der Waals surface area contributed by atoms with Gasteiger partial charge in [0.2, 0.25) is 0 Å². The van der Waals surface area contributed by atoms with E-state index in [1.807, 2.05) is 20.2 Å². The minimum Gasteiger partial charge on any atom is -0.496 e. The molecule has 1 aliphatic rings. The molecule has 2 unspecified atom stereocenters. The maximum absolute atomic E-state index is 6.09. The molecule has 4 heteroatoms. The molecule has 118 valence electrons. The number of aromatic nitrogens is 1. The van der Waals surface area contributed by atoms with Crippen molar-refractivity contribution in [2.75, 3.05) is 20.8 Å². The molecule has 0 radical (unpaired) electrons. The lowest BCUT2D eigenvalue weighted by molar-refractivity contribution is -0.0872. The summed E-state index contributed by atoms with van der Waals surface area (Å²) in [5.74, 6) is 0.949. The summed E-state index contributed by atoms with van der Waals surface area (Å²) < 4.78 is 11.6. The van der Waals surface area contributed by atoms with E-state index in [0.29, 0.717) is 0 Å². The molecule has 21 heavy (non-hydrogen) atoms. The molecule has 0 aliphatic carbocycles. The van der Waals surface area contributed by atoms with Gasteiger partial charge >= 0.3 is 0 Å². The first-order valence-electron chi connectivity index (χ1n) is 7.82. The fraction of sp³-hybridized carbons (Fsp3) is 0.706. The van der Waals surface area contributed by atoms with Crippen LogP contribution >= 0.6 is 0 Å². The summed E-state index contributed by atoms with van der Waals surface area (Å²) in [6.07, 6.45) is 6.26. The van der Waals surface area contributed by atoms with E-state index in [2.05, 4.69) is 24.1 Å². The Hall–Kier alpha value is -1.13. The number of methoxy groups -OCH3 is 1. The average Bonchev–Trinajstić information content (AvgIpc) is 2.47. The number of ether oxygens (including phenoxy) is 2. The fourth-order valence-electron chi connectivity index (χ4n) is 3.32. The zero-order chi connectivity index (χ0) is 15.5. The second kappa shape index (κ2) is 6.75. The molecule has 2 heterocycles. The van der Waals surface area contributed by atoms with Gasteiger partial charge in [-0.25, -0.2) is 0 Å². The van der Waals surface area contributed by atoms with Crippen LogP contribution in [0.1, 0.15) is 43.0 Å². The highest BCUT2D eigenvalue weighted by Crippen LogP contribution is 2.31. The second-order valence-electron chi connectivity index (χ2n) is 6.21. The van der Waals surface area contributed by atoms with E-state index in [0.717, 1.165) is 42.0 Å². The number of rotatable bonds is 5. The van der Waals surface area contributed by atoms with Gasteiger partial charge in [0.15, 0.2) is 0 Å². The van der Waals surface area contributed by atoms with Crippen molar-refractivity contribution in [3.05, 3.63) is 23.0 Å². The Balaban J connectivity index is 2.22. The van der Waals surface area contributed by atoms with Crippen molar-refractivity contribution in [2.45, 2.75) is 58.1 Å². The van der Waals surface area contributed by atoms with E-state index >= 15 is 0 Å². The van der Waals surface area contributed by atoms with Crippen molar-refractivity contribution < 1.29 is 9.47 Å². The summed E-state index contributed by atoms with van der Waals surface area (Å²) in [5, 5.41) is 3.43. The third-order valence-corrected chi connectivity index (χ3v) is 4.73. The van der Waals surface area contributed by atoms with Crippen molar-refractivity contribution in [1.82, 2.24) is 10.3 Å². The Morgan fingerprint density at radius 2 is 2.19 bits per heavy atom. The zero-order valence-electron chi connectivity index (χ0n) is 14.0. The molecule has 1 fully saturated rings. The lowest BCUT2D eigenvalue weighted by atomic mass is 9.85. The highest BCUT2D eigenvalue weighted by Gasteiger charge is 2.36. The number of nitrogens with zero attached hydrogens (tertiary/aromatic N) is 1. The molecule has 2 atom stereocenters. The Morgan fingerprint density at radius 1 is 1.43 bits per heavy atom. The molecule has 0 bridgehead atoms. The first kappa shape index (κ1) is 16.2. The van der Waals surface area contributed by atoms with Crippen LogP contribution in [0, 0.1) is 13.8 Å². The lowest BCUT2D eigenvalue weighted by Gasteiger charge is -2.40. The third-order valence-electron chi connectivity index (χ3n) is 4.73. The summed E-state index contributed by atoms with van der Waals surface area (Å²) in [4.78, 5) is 4.62. The quantitative estimate of drug-likeness (QED) is 0.906. The van der Waals surface area contributed by atoms with E-state index in [1.54, 1.807) is 7.11 Å². The van der Waals surface area contributed by atoms with E-state index in [1.165, 1.54) is 12.8 Å². The number of hydrogen-bond donors (Lipinski definition) is 1. The standard InChI is InChI=1S/C17H28N2O2/c1-12-11-19-14(13(2)16(12)20-5)10-15(18-4)17(3)8-6-7-9-21-17/h11,15,18H,6-10H2,1-5H3. The fourth-order valence-corrected chi connectivity index (χ4v) is 3.32. The Kier molecular flexibility index (Phi) is 5.22. The molecule has 1 N–H and O–H groups in total. The van der Waals surface area contributed by atoms with Gasteiger partial charge < -0.3 is 14.8 Å². The number of pyridine rings is 1. The second-order valence-corrected chi connectivity index (χ2v) is 6.21. The predicted molar refractivity (Wildman–Crippen MR) is 85.0 cm³/mol. The molecule has 2 rings (SSSR count). The van der Waals surface area contributed by atoms with E-state index in [-0.39, 0.29) is 11.6 Å². The van der Waals surface area contributed by atoms with Crippen molar-refractivity contribution >= 4 is 0 Å². The molecule has 1 aliphatic heterocycles. The number of aryl methyl sites for hydroxylation is 1. The highest BCUT2D eigenvalue weighted by atomic mass is 16.5. The van der Waals surface area contributed by atoms with Gasteiger partial charge in [-0.1, -0.05) is 0 Å². The molecular formula is C17H28N2O2. The van der Waals surface area contributed by atoms with Crippen LogP contribution in [-0.2, 0) is 11.2 Å². The Morgan fingerprint density at radius 3 is 2.76 bits per heavy atom. The average molecular weight is 292 g/mol. The predicted octanol–water partition coefficient (Wildman–Crippen LogP) is 2.80. The van der Waals surface area contributed by atoms with Gasteiger partial charge in [-0.05, 0) is 47.1 Å². The van der Waals surface area contributed by atoms with Crippen molar-refractivity contribution in [3.8, 4) is 5.75 Å². The van der Waals surface area contributed by atoms with Crippen LogP contribution in [0.2, 0.25) is 0 Å². The summed E-state index contributed by atoms with van der Waals surface area (Å²) in [6, 6.07) is 0.261. The minimum absolute atomic E-state index is 0.112. The van der Waals surface area contributed by atoms with E-state index in [9.17, 15) is 0 Å². The maximum Gasteiger partial charge on any atom is 0.128 e. The van der Waals surface area contributed by atoms with Crippen LogP contribution in [0.5, 0.6) is 5.75 Å². The van der Waals surface area contributed by atoms with Crippen LogP contribution in [-0.4, -0.2) is 37.4 Å². The molecule has 1 saturated heterocycles. The number of likely N-dealkylation sites (N-methyl/N-ethyl adjacent to an activating group) is 1. The topological polar surface area (TPSA) is 43.4 Å². The number of nitrogens with one attached hydrogen (secondary N) is 1. The molecule has 0 amide bonds. The van der Waals surface area contributed by atoms with Gasteiger partial charge in [-0.3, -0.25) is 4.98 Å². The van der Waals surface area contributed by atoms with E-state index < -0.39 is 0 Å². The minimum atomic E-state index is -0.112. The molecule has 1 aromatic rings. The van der Waals surface area contributed by atoms with Gasteiger partial charge in [-0.2, -0.15) is 0 Å². The zero-order valence-corrected chi connectivity index (χ0v) is 14.0. The van der Waals surface area contributed by atoms with Crippen molar-refractivity contribution in [1.29, 1.82) is 0 Å². The summed E-state index contributed by atoms with van der Waals surface area (Å²) in [7, 11) is 3.73. The Bertz CT molecular complexity index is 482. The van der Waals surface area contributed by atoms with Crippen molar-refractivity contribution in [2.24, 2.45) is 0 Å². The van der Waals surface area contributed by atoms with Gasteiger partial charge in [0.05, 0.1) is 12.7 Å². The van der Waals surface area contributed by atoms with E-state index in [4.69, 9.17) is 9.47 Å². The van der Waals surface area contributed by atoms with Crippen LogP contribution < -0.4 is 10.1 Å². The highest BCUT2D eigenvalue weighted by molar-refractivity contribution is 5.41.